The van der Waals surface area contributed by atoms with Crippen LogP contribution < -0.4 is 10.6 Å². The van der Waals surface area contributed by atoms with Crippen LogP contribution in [0.5, 0.6) is 0 Å². The normalized spacial score (nSPS) is 18.1. The van der Waals surface area contributed by atoms with Crippen LogP contribution in [0.4, 0.5) is 9.59 Å². The van der Waals surface area contributed by atoms with Crippen LogP contribution in [0.3, 0.4) is 0 Å². The average Bonchev–Trinajstić information content (AvgIpc) is 3.00. The number of hydrogen-bond acceptors (Lipinski definition) is 8. The van der Waals surface area contributed by atoms with Crippen LogP contribution in [0.15, 0.2) is 30.3 Å². The Morgan fingerprint density at radius 2 is 1.66 bits per heavy atom. The van der Waals surface area contributed by atoms with Gasteiger partial charge in [0.15, 0.2) is 0 Å². The molecular formula is C32H48N4O8. The van der Waals surface area contributed by atoms with E-state index in [1.165, 1.54) is 0 Å². The van der Waals surface area contributed by atoms with Gasteiger partial charge in [0.1, 0.15) is 18.2 Å². The van der Waals surface area contributed by atoms with Crippen molar-refractivity contribution >= 4 is 30.0 Å². The molecule has 1 unspecified atom stereocenters. The Balaban J connectivity index is 1.39. The molecule has 0 saturated carbocycles. The maximum absolute atomic E-state index is 13.1. The van der Waals surface area contributed by atoms with Gasteiger partial charge < -0.3 is 34.6 Å². The number of ether oxygens (including phenoxy) is 3. The number of piperidine rings is 2. The third-order valence-corrected chi connectivity index (χ3v) is 7.73. The molecule has 1 aromatic rings. The second-order valence-electron chi connectivity index (χ2n) is 12.4. The second-order valence-corrected chi connectivity index (χ2v) is 12.4. The molecule has 4 amide bonds. The van der Waals surface area contributed by atoms with E-state index in [1.54, 1.807) is 37.5 Å². The summed E-state index contributed by atoms with van der Waals surface area (Å²) < 4.78 is 15.7. The van der Waals surface area contributed by atoms with Crippen LogP contribution in [0.1, 0.15) is 71.8 Å². The van der Waals surface area contributed by atoms with Gasteiger partial charge in [0.25, 0.3) is 0 Å². The number of carbonyl (C=O) groups is 5. The number of hydrogen-bond donors (Lipinski definition) is 2. The molecule has 2 N–H and O–H groups in total. The van der Waals surface area contributed by atoms with Crippen molar-refractivity contribution < 1.29 is 38.2 Å². The molecule has 244 valence electrons. The minimum atomic E-state index is -1.10. The molecule has 2 atom stereocenters. The van der Waals surface area contributed by atoms with Crippen LogP contribution >= 0.6 is 0 Å². The predicted molar refractivity (Wildman–Crippen MR) is 162 cm³/mol. The fraction of sp³-hybridized carbons (Fsp3) is 0.656. The summed E-state index contributed by atoms with van der Waals surface area (Å²) in [6.07, 6.45) is 2.99. The quantitative estimate of drug-likeness (QED) is 0.284. The fourth-order valence-electron chi connectivity index (χ4n) is 5.35. The molecule has 3 rings (SSSR count). The van der Waals surface area contributed by atoms with E-state index in [2.05, 4.69) is 10.6 Å². The Morgan fingerprint density at radius 1 is 0.955 bits per heavy atom. The Hall–Kier alpha value is -3.83. The molecule has 0 aromatic heterocycles. The Bertz CT molecular complexity index is 1120. The van der Waals surface area contributed by atoms with E-state index in [9.17, 15) is 24.0 Å². The van der Waals surface area contributed by atoms with E-state index in [0.29, 0.717) is 51.4 Å². The first kappa shape index (κ1) is 34.7. The highest BCUT2D eigenvalue weighted by atomic mass is 16.6. The van der Waals surface area contributed by atoms with Crippen LogP contribution in [-0.2, 0) is 35.2 Å². The number of carbonyl (C=O) groups excluding carboxylic acids is 5. The molecule has 12 heteroatoms. The summed E-state index contributed by atoms with van der Waals surface area (Å²) in [4.78, 5) is 66.6. The van der Waals surface area contributed by atoms with Gasteiger partial charge in [-0.2, -0.15) is 0 Å². The maximum Gasteiger partial charge on any atom is 0.410 e. The van der Waals surface area contributed by atoms with E-state index >= 15 is 0 Å². The summed E-state index contributed by atoms with van der Waals surface area (Å²) in [6, 6.07) is 8.47. The first-order chi connectivity index (χ1) is 20.9. The molecule has 2 heterocycles. The van der Waals surface area contributed by atoms with Gasteiger partial charge in [0.2, 0.25) is 11.8 Å². The molecule has 1 aromatic carbocycles. The summed E-state index contributed by atoms with van der Waals surface area (Å²) in [7, 11) is 0. The van der Waals surface area contributed by atoms with E-state index in [-0.39, 0.29) is 37.7 Å². The van der Waals surface area contributed by atoms with E-state index in [0.717, 1.165) is 24.8 Å². The van der Waals surface area contributed by atoms with Crippen molar-refractivity contribution in [3.63, 3.8) is 0 Å². The molecule has 2 saturated heterocycles. The van der Waals surface area contributed by atoms with Gasteiger partial charge in [-0.15, -0.1) is 0 Å². The number of nitrogens with one attached hydrogen (secondary N) is 2. The lowest BCUT2D eigenvalue weighted by Crippen LogP contribution is -2.52. The van der Waals surface area contributed by atoms with Crippen molar-refractivity contribution in [3.05, 3.63) is 35.9 Å². The summed E-state index contributed by atoms with van der Waals surface area (Å²) in [5, 5.41) is 5.21. The summed E-state index contributed by atoms with van der Waals surface area (Å²) in [6.45, 7) is 9.11. The summed E-state index contributed by atoms with van der Waals surface area (Å²) >= 11 is 0. The number of rotatable bonds is 11. The Morgan fingerprint density at radius 3 is 2.32 bits per heavy atom. The molecule has 12 nitrogen and oxygen atoms in total. The van der Waals surface area contributed by atoms with Gasteiger partial charge >= 0.3 is 18.2 Å². The molecule has 2 fully saturated rings. The average molecular weight is 617 g/mol. The third-order valence-electron chi connectivity index (χ3n) is 7.73. The largest absolute Gasteiger partial charge is 0.464 e. The molecule has 2 aliphatic heterocycles. The first-order valence-corrected chi connectivity index (χ1v) is 15.6. The van der Waals surface area contributed by atoms with Crippen LogP contribution in [0, 0.1) is 11.8 Å². The van der Waals surface area contributed by atoms with Crippen LogP contribution in [0.2, 0.25) is 0 Å². The number of benzene rings is 1. The van der Waals surface area contributed by atoms with Gasteiger partial charge in [-0.3, -0.25) is 9.59 Å². The second kappa shape index (κ2) is 16.9. The monoisotopic (exact) mass is 616 g/mol. The number of alkyl carbamates (subject to hydrolysis) is 1. The fourth-order valence-corrected chi connectivity index (χ4v) is 5.35. The number of amides is 4. The lowest BCUT2D eigenvalue weighted by atomic mass is 9.91. The highest BCUT2D eigenvalue weighted by Gasteiger charge is 2.31. The summed E-state index contributed by atoms with van der Waals surface area (Å²) in [5.74, 6) is -1.01. The van der Waals surface area contributed by atoms with Crippen molar-refractivity contribution in [2.24, 2.45) is 11.8 Å². The van der Waals surface area contributed by atoms with Crippen LogP contribution in [-0.4, -0.2) is 90.7 Å². The van der Waals surface area contributed by atoms with Gasteiger partial charge in [-0.1, -0.05) is 30.3 Å². The number of esters is 1. The zero-order chi connectivity index (χ0) is 32.1. The molecule has 0 radical (unpaired) electrons. The third kappa shape index (κ3) is 11.7. The van der Waals surface area contributed by atoms with Crippen molar-refractivity contribution in [1.29, 1.82) is 0 Å². The van der Waals surface area contributed by atoms with Gasteiger partial charge in [0, 0.05) is 39.1 Å². The molecule has 0 spiro atoms. The van der Waals surface area contributed by atoms with Crippen LogP contribution in [0.25, 0.3) is 0 Å². The van der Waals surface area contributed by atoms with Crippen molar-refractivity contribution in [2.45, 2.75) is 84.5 Å². The smallest absolute Gasteiger partial charge is 0.410 e. The minimum Gasteiger partial charge on any atom is -0.464 e. The van der Waals surface area contributed by atoms with Gasteiger partial charge in [-0.05, 0) is 71.3 Å². The topological polar surface area (TPSA) is 144 Å². The molecule has 0 bridgehead atoms. The standard InChI is InChI=1S/C32H48N4O8/c1-5-42-29(39)26(34-30(40)44-32(2,3)4)20-33-28(38)25-12-9-17-36(21-25)27(37)14-13-23-15-18-35(19-16-23)31(41)43-22-24-10-7-6-8-11-24/h6-8,10-11,23,25-26H,5,9,12-22H2,1-4H3,(H,33,38)(H,34,40)/t25-,26?/m1/s1. The summed E-state index contributed by atoms with van der Waals surface area (Å²) in [5.41, 5.74) is 0.196. The lowest BCUT2D eigenvalue weighted by molar-refractivity contribution is -0.145. The highest BCUT2D eigenvalue weighted by Crippen LogP contribution is 2.24. The molecule has 0 aliphatic carbocycles. The highest BCUT2D eigenvalue weighted by molar-refractivity contribution is 5.84. The zero-order valence-corrected chi connectivity index (χ0v) is 26.5. The Kier molecular flexibility index (Phi) is 13.3. The SMILES string of the molecule is CCOC(=O)C(CNC(=O)[C@@H]1CCCN(C(=O)CCC2CCN(C(=O)OCc3ccccc3)CC2)C1)NC(=O)OC(C)(C)C. The van der Waals surface area contributed by atoms with Crippen molar-refractivity contribution in [1.82, 2.24) is 20.4 Å². The Labute approximate surface area is 260 Å². The zero-order valence-electron chi connectivity index (χ0n) is 26.5. The minimum absolute atomic E-state index is 0.0168. The van der Waals surface area contributed by atoms with Gasteiger partial charge in [0.05, 0.1) is 12.5 Å². The van der Waals surface area contributed by atoms with E-state index in [4.69, 9.17) is 14.2 Å². The predicted octanol–water partition coefficient (Wildman–Crippen LogP) is 3.63. The number of nitrogens with zero attached hydrogens (tertiary/aromatic N) is 2. The molecule has 2 aliphatic rings. The number of likely N-dealkylation sites (tertiary alicyclic amines) is 2. The van der Waals surface area contributed by atoms with Crippen molar-refractivity contribution in [2.75, 3.05) is 39.3 Å². The maximum atomic E-state index is 13.1. The molecular weight excluding hydrogens is 568 g/mol. The lowest BCUT2D eigenvalue weighted by Gasteiger charge is -2.34. The van der Waals surface area contributed by atoms with E-state index < -0.39 is 29.6 Å². The molecule has 44 heavy (non-hydrogen) atoms. The van der Waals surface area contributed by atoms with Crippen molar-refractivity contribution in [3.8, 4) is 0 Å². The first-order valence-electron chi connectivity index (χ1n) is 15.6. The van der Waals surface area contributed by atoms with Gasteiger partial charge in [-0.25, -0.2) is 14.4 Å². The van der Waals surface area contributed by atoms with E-state index in [1.807, 2.05) is 30.3 Å².